The summed E-state index contributed by atoms with van der Waals surface area (Å²) in [4.78, 5) is 1.27. The van der Waals surface area contributed by atoms with E-state index in [0.717, 1.165) is 23.7 Å². The van der Waals surface area contributed by atoms with Crippen LogP contribution in [0.5, 0.6) is 0 Å². The smallest absolute Gasteiger partial charge is 0.0931 e. The Hall–Kier alpha value is -0.490. The third kappa shape index (κ3) is 3.34. The Morgan fingerprint density at radius 2 is 2.43 bits per heavy atom. The van der Waals surface area contributed by atoms with Crippen LogP contribution in [-0.4, -0.2) is 6.54 Å². The number of thiophene rings is 1. The molecule has 3 heteroatoms. The molecule has 0 aliphatic heterocycles. The Morgan fingerprint density at radius 3 is 2.93 bits per heavy atom. The molecule has 1 aromatic heterocycles. The minimum atomic E-state index is 0.355. The van der Waals surface area contributed by atoms with Crippen molar-refractivity contribution in [2.75, 3.05) is 6.54 Å². The molecule has 0 spiro atoms. The lowest BCUT2D eigenvalue weighted by atomic mass is 10.1. The third-order valence-electron chi connectivity index (χ3n) is 1.97. The number of terminal acetylenes is 1. The summed E-state index contributed by atoms with van der Waals surface area (Å²) in [6.07, 6.45) is 7.03. The van der Waals surface area contributed by atoms with Gasteiger partial charge in [0.2, 0.25) is 0 Å². The zero-order valence-corrected chi connectivity index (χ0v) is 9.79. The van der Waals surface area contributed by atoms with Crippen LogP contribution in [-0.2, 0) is 0 Å². The molecule has 14 heavy (non-hydrogen) atoms. The summed E-state index contributed by atoms with van der Waals surface area (Å²) in [5, 5.41) is 3.40. The van der Waals surface area contributed by atoms with Crippen molar-refractivity contribution in [1.29, 1.82) is 0 Å². The lowest BCUT2D eigenvalue weighted by molar-refractivity contribution is 0.530. The van der Waals surface area contributed by atoms with Crippen LogP contribution >= 0.6 is 22.9 Å². The number of hydrogen-bond donors (Lipinski definition) is 1. The van der Waals surface area contributed by atoms with Crippen LogP contribution < -0.4 is 5.32 Å². The summed E-state index contributed by atoms with van der Waals surface area (Å²) in [6.45, 7) is 3.04. The number of rotatable bonds is 5. The van der Waals surface area contributed by atoms with Crippen molar-refractivity contribution >= 4 is 22.9 Å². The van der Waals surface area contributed by atoms with Crippen LogP contribution in [0.2, 0.25) is 4.34 Å². The Balaban J connectivity index is 2.63. The second kappa shape index (κ2) is 6.08. The highest BCUT2D eigenvalue weighted by Gasteiger charge is 2.11. The molecular weight excluding hydrogens is 214 g/mol. The van der Waals surface area contributed by atoms with Gasteiger partial charge in [-0.25, -0.2) is 0 Å². The maximum absolute atomic E-state index is 5.89. The van der Waals surface area contributed by atoms with Crippen LogP contribution in [0, 0.1) is 12.3 Å². The first kappa shape index (κ1) is 11.6. The predicted molar refractivity (Wildman–Crippen MR) is 63.8 cm³/mol. The van der Waals surface area contributed by atoms with E-state index in [0.29, 0.717) is 6.04 Å². The fourth-order valence-corrected chi connectivity index (χ4v) is 2.51. The lowest BCUT2D eigenvalue weighted by Crippen LogP contribution is -2.19. The molecule has 76 valence electrons. The highest BCUT2D eigenvalue weighted by molar-refractivity contribution is 7.16. The molecule has 1 heterocycles. The van der Waals surface area contributed by atoms with E-state index >= 15 is 0 Å². The largest absolute Gasteiger partial charge is 0.309 e. The molecule has 1 unspecified atom stereocenters. The van der Waals surface area contributed by atoms with E-state index in [9.17, 15) is 0 Å². The van der Waals surface area contributed by atoms with Gasteiger partial charge in [0.05, 0.1) is 4.34 Å². The highest BCUT2D eigenvalue weighted by atomic mass is 35.5. The molecule has 0 amide bonds. The zero-order valence-electron chi connectivity index (χ0n) is 8.22. The van der Waals surface area contributed by atoms with Crippen molar-refractivity contribution in [3.05, 3.63) is 21.3 Å². The molecule has 0 aliphatic carbocycles. The van der Waals surface area contributed by atoms with E-state index < -0.39 is 0 Å². The minimum absolute atomic E-state index is 0.355. The highest BCUT2D eigenvalue weighted by Crippen LogP contribution is 2.29. The normalized spacial score (nSPS) is 12.4. The van der Waals surface area contributed by atoms with E-state index in [1.54, 1.807) is 11.3 Å². The van der Waals surface area contributed by atoms with Gasteiger partial charge in [0.15, 0.2) is 0 Å². The minimum Gasteiger partial charge on any atom is -0.309 e. The van der Waals surface area contributed by atoms with E-state index in [4.69, 9.17) is 18.0 Å². The monoisotopic (exact) mass is 227 g/mol. The SMILES string of the molecule is C#CCCC(NCC)c1ccc(Cl)s1. The molecule has 0 saturated heterocycles. The summed E-state index contributed by atoms with van der Waals surface area (Å²) >= 11 is 7.51. The maximum Gasteiger partial charge on any atom is 0.0931 e. The van der Waals surface area contributed by atoms with Crippen molar-refractivity contribution in [1.82, 2.24) is 5.32 Å². The Labute approximate surface area is 94.5 Å². The lowest BCUT2D eigenvalue weighted by Gasteiger charge is -2.14. The molecule has 1 rings (SSSR count). The molecule has 0 saturated carbocycles. The second-order valence-corrected chi connectivity index (χ2v) is 4.74. The fraction of sp³-hybridized carbons (Fsp3) is 0.455. The van der Waals surface area contributed by atoms with E-state index in [2.05, 4.69) is 24.2 Å². The van der Waals surface area contributed by atoms with Crippen molar-refractivity contribution in [3.8, 4) is 12.3 Å². The molecule has 0 fully saturated rings. The topological polar surface area (TPSA) is 12.0 Å². The van der Waals surface area contributed by atoms with Crippen molar-refractivity contribution in [2.45, 2.75) is 25.8 Å². The molecule has 1 nitrogen and oxygen atoms in total. The van der Waals surface area contributed by atoms with Crippen molar-refractivity contribution in [3.63, 3.8) is 0 Å². The molecule has 0 bridgehead atoms. The average molecular weight is 228 g/mol. The van der Waals surface area contributed by atoms with E-state index in [1.807, 2.05) is 6.07 Å². The molecule has 1 atom stereocenters. The van der Waals surface area contributed by atoms with Crippen molar-refractivity contribution in [2.24, 2.45) is 0 Å². The van der Waals surface area contributed by atoms with Crippen molar-refractivity contribution < 1.29 is 0 Å². The first-order valence-corrected chi connectivity index (χ1v) is 5.89. The third-order valence-corrected chi connectivity index (χ3v) is 3.31. The van der Waals surface area contributed by atoms with E-state index in [-0.39, 0.29) is 0 Å². The van der Waals surface area contributed by atoms with Crippen LogP contribution in [0.1, 0.15) is 30.7 Å². The second-order valence-electron chi connectivity index (χ2n) is 2.99. The van der Waals surface area contributed by atoms with Gasteiger partial charge in [0, 0.05) is 17.3 Å². The van der Waals surface area contributed by atoms with Gasteiger partial charge in [0.1, 0.15) is 0 Å². The summed E-state index contributed by atoms with van der Waals surface area (Å²) in [6, 6.07) is 4.35. The van der Waals surface area contributed by atoms with Gasteiger partial charge in [-0.05, 0) is 25.1 Å². The van der Waals surface area contributed by atoms with Gasteiger partial charge in [-0.3, -0.25) is 0 Å². The summed E-state index contributed by atoms with van der Waals surface area (Å²) in [5.74, 6) is 2.66. The predicted octanol–water partition coefficient (Wildman–Crippen LogP) is 3.47. The summed E-state index contributed by atoms with van der Waals surface area (Å²) < 4.78 is 0.837. The van der Waals surface area contributed by atoms with Gasteiger partial charge in [-0.2, -0.15) is 0 Å². The summed E-state index contributed by atoms with van der Waals surface area (Å²) in [5.41, 5.74) is 0. The van der Waals surface area contributed by atoms with Gasteiger partial charge in [-0.1, -0.05) is 18.5 Å². The standard InChI is InChI=1S/C11H14ClNS/c1-3-5-6-9(13-4-2)10-7-8-11(12)14-10/h1,7-9,13H,4-6H2,2H3. The zero-order chi connectivity index (χ0) is 10.4. The Bertz CT molecular complexity index is 313. The molecule has 0 aliphatic rings. The first-order valence-electron chi connectivity index (χ1n) is 4.70. The molecule has 1 N–H and O–H groups in total. The van der Waals surface area contributed by atoms with Gasteiger partial charge < -0.3 is 5.32 Å². The van der Waals surface area contributed by atoms with Crippen LogP contribution in [0.15, 0.2) is 12.1 Å². The van der Waals surface area contributed by atoms with Gasteiger partial charge in [0.25, 0.3) is 0 Å². The average Bonchev–Trinajstić information content (AvgIpc) is 2.59. The Kier molecular flexibility index (Phi) is 5.03. The van der Waals surface area contributed by atoms with Crippen LogP contribution in [0.4, 0.5) is 0 Å². The van der Waals surface area contributed by atoms with Gasteiger partial charge in [-0.15, -0.1) is 23.7 Å². The molecular formula is C11H14ClNS. The number of nitrogens with one attached hydrogen (secondary N) is 1. The van der Waals surface area contributed by atoms with Crippen LogP contribution in [0.25, 0.3) is 0 Å². The number of hydrogen-bond acceptors (Lipinski definition) is 2. The molecule has 0 radical (unpaired) electrons. The Morgan fingerprint density at radius 1 is 1.64 bits per heavy atom. The summed E-state index contributed by atoms with van der Waals surface area (Å²) in [7, 11) is 0. The quantitative estimate of drug-likeness (QED) is 0.760. The first-order chi connectivity index (χ1) is 6.77. The van der Waals surface area contributed by atoms with E-state index in [1.165, 1.54) is 4.88 Å². The van der Waals surface area contributed by atoms with Crippen LogP contribution in [0.3, 0.4) is 0 Å². The molecule has 1 aromatic rings. The van der Waals surface area contributed by atoms with Gasteiger partial charge >= 0.3 is 0 Å². The molecule has 0 aromatic carbocycles. The number of halogens is 1. The maximum atomic E-state index is 5.89. The fourth-order valence-electron chi connectivity index (χ4n) is 1.33.